The number of halogens is 1. The second kappa shape index (κ2) is 5.11. The molecule has 0 saturated heterocycles. The summed E-state index contributed by atoms with van der Waals surface area (Å²) in [4.78, 5) is 0. The summed E-state index contributed by atoms with van der Waals surface area (Å²) in [5.74, 6) is 0.245. The van der Waals surface area contributed by atoms with Gasteiger partial charge in [-0.25, -0.2) is 4.39 Å². The van der Waals surface area contributed by atoms with Crippen molar-refractivity contribution in [2.24, 2.45) is 0 Å². The van der Waals surface area contributed by atoms with Gasteiger partial charge in [-0.15, -0.1) is 0 Å². The fourth-order valence-electron chi connectivity index (χ4n) is 1.85. The third-order valence-corrected chi connectivity index (χ3v) is 2.94. The Kier molecular flexibility index (Phi) is 4.07. The molecule has 1 atom stereocenters. The SMILES string of the molecule is C=C(CC)CC(C)c1cccc(F)c1C. The molecular weight excluding hydrogens is 187 g/mol. The Morgan fingerprint density at radius 3 is 2.73 bits per heavy atom. The van der Waals surface area contributed by atoms with Crippen LogP contribution >= 0.6 is 0 Å². The van der Waals surface area contributed by atoms with Crippen molar-refractivity contribution >= 4 is 0 Å². The molecule has 0 fully saturated rings. The molecule has 82 valence electrons. The van der Waals surface area contributed by atoms with Crippen molar-refractivity contribution in [3.8, 4) is 0 Å². The minimum atomic E-state index is -0.110. The molecule has 1 aromatic rings. The average molecular weight is 206 g/mol. The summed E-state index contributed by atoms with van der Waals surface area (Å²) in [6.07, 6.45) is 1.94. The second-order valence-corrected chi connectivity index (χ2v) is 4.16. The van der Waals surface area contributed by atoms with Gasteiger partial charge >= 0.3 is 0 Å². The van der Waals surface area contributed by atoms with Gasteiger partial charge in [0.05, 0.1) is 0 Å². The van der Waals surface area contributed by atoms with Crippen molar-refractivity contribution in [2.75, 3.05) is 0 Å². The summed E-state index contributed by atoms with van der Waals surface area (Å²) in [7, 11) is 0. The van der Waals surface area contributed by atoms with E-state index in [-0.39, 0.29) is 5.82 Å². The summed E-state index contributed by atoms with van der Waals surface area (Å²) in [6.45, 7) is 10.1. The van der Waals surface area contributed by atoms with Crippen LogP contribution < -0.4 is 0 Å². The third kappa shape index (κ3) is 2.92. The summed E-state index contributed by atoms with van der Waals surface area (Å²) in [5.41, 5.74) is 3.10. The summed E-state index contributed by atoms with van der Waals surface area (Å²) in [6, 6.07) is 5.30. The van der Waals surface area contributed by atoms with E-state index >= 15 is 0 Å². The molecule has 0 aliphatic rings. The highest BCUT2D eigenvalue weighted by Crippen LogP contribution is 2.27. The predicted octanol–water partition coefficient (Wildman–Crippen LogP) is 4.59. The van der Waals surface area contributed by atoms with Gasteiger partial charge in [-0.3, -0.25) is 0 Å². The average Bonchev–Trinajstić information content (AvgIpc) is 2.21. The molecule has 0 aliphatic carbocycles. The van der Waals surface area contributed by atoms with E-state index < -0.39 is 0 Å². The van der Waals surface area contributed by atoms with Crippen LogP contribution in [0.5, 0.6) is 0 Å². The molecule has 0 amide bonds. The molecule has 0 radical (unpaired) electrons. The Bertz CT molecular complexity index is 352. The Balaban J connectivity index is 2.86. The van der Waals surface area contributed by atoms with Gasteiger partial charge in [0.1, 0.15) is 5.82 Å². The van der Waals surface area contributed by atoms with E-state index in [9.17, 15) is 4.39 Å². The summed E-state index contributed by atoms with van der Waals surface area (Å²) >= 11 is 0. The molecule has 1 rings (SSSR count). The standard InChI is InChI=1S/C14H19F/c1-5-10(2)9-11(3)13-7-6-8-14(15)12(13)4/h6-8,11H,2,5,9H2,1,3-4H3. The van der Waals surface area contributed by atoms with Crippen LogP contribution in [-0.2, 0) is 0 Å². The lowest BCUT2D eigenvalue weighted by atomic mass is 9.90. The van der Waals surface area contributed by atoms with Crippen LogP contribution in [-0.4, -0.2) is 0 Å². The van der Waals surface area contributed by atoms with Gasteiger partial charge in [0.25, 0.3) is 0 Å². The molecule has 0 bridgehead atoms. The molecule has 1 unspecified atom stereocenters. The van der Waals surface area contributed by atoms with Gasteiger partial charge in [-0.2, -0.15) is 0 Å². The zero-order valence-electron chi connectivity index (χ0n) is 9.81. The van der Waals surface area contributed by atoms with Crippen molar-refractivity contribution in [3.63, 3.8) is 0 Å². The minimum Gasteiger partial charge on any atom is -0.207 e. The van der Waals surface area contributed by atoms with Crippen molar-refractivity contribution in [1.82, 2.24) is 0 Å². The van der Waals surface area contributed by atoms with Crippen LogP contribution in [0.4, 0.5) is 4.39 Å². The van der Waals surface area contributed by atoms with Gasteiger partial charge in [0, 0.05) is 0 Å². The van der Waals surface area contributed by atoms with Crippen molar-refractivity contribution in [3.05, 3.63) is 47.3 Å². The quantitative estimate of drug-likeness (QED) is 0.632. The molecular formula is C14H19F. The fourth-order valence-corrected chi connectivity index (χ4v) is 1.85. The van der Waals surface area contributed by atoms with E-state index in [2.05, 4.69) is 20.4 Å². The highest BCUT2D eigenvalue weighted by Gasteiger charge is 2.11. The minimum absolute atomic E-state index is 0.110. The predicted molar refractivity (Wildman–Crippen MR) is 63.6 cm³/mol. The third-order valence-electron chi connectivity index (χ3n) is 2.94. The van der Waals surface area contributed by atoms with E-state index in [1.807, 2.05) is 13.0 Å². The van der Waals surface area contributed by atoms with Gasteiger partial charge in [0.15, 0.2) is 0 Å². The van der Waals surface area contributed by atoms with Gasteiger partial charge in [-0.05, 0) is 42.9 Å². The van der Waals surface area contributed by atoms with E-state index in [0.717, 1.165) is 24.0 Å². The molecule has 0 aliphatic heterocycles. The van der Waals surface area contributed by atoms with Crippen molar-refractivity contribution in [2.45, 2.75) is 39.5 Å². The Morgan fingerprint density at radius 2 is 2.13 bits per heavy atom. The number of benzene rings is 1. The first-order valence-electron chi connectivity index (χ1n) is 5.48. The number of hydrogen-bond donors (Lipinski definition) is 0. The van der Waals surface area contributed by atoms with E-state index in [4.69, 9.17) is 0 Å². The van der Waals surface area contributed by atoms with Crippen molar-refractivity contribution < 1.29 is 4.39 Å². The van der Waals surface area contributed by atoms with Crippen LogP contribution in [0.1, 0.15) is 43.7 Å². The van der Waals surface area contributed by atoms with E-state index in [0.29, 0.717) is 5.92 Å². The first-order chi connectivity index (χ1) is 7.06. The molecule has 15 heavy (non-hydrogen) atoms. The lowest BCUT2D eigenvalue weighted by molar-refractivity contribution is 0.609. The lowest BCUT2D eigenvalue weighted by Crippen LogP contribution is -1.99. The maximum atomic E-state index is 13.3. The smallest absolute Gasteiger partial charge is 0.126 e. The van der Waals surface area contributed by atoms with Gasteiger partial charge < -0.3 is 0 Å². The zero-order valence-corrected chi connectivity index (χ0v) is 9.81. The molecule has 0 N–H and O–H groups in total. The molecule has 0 saturated carbocycles. The maximum Gasteiger partial charge on any atom is 0.126 e. The topological polar surface area (TPSA) is 0 Å². The van der Waals surface area contributed by atoms with Gasteiger partial charge in [0.2, 0.25) is 0 Å². The second-order valence-electron chi connectivity index (χ2n) is 4.16. The zero-order chi connectivity index (χ0) is 11.4. The number of allylic oxidation sites excluding steroid dienone is 1. The largest absolute Gasteiger partial charge is 0.207 e. The first kappa shape index (κ1) is 12.0. The van der Waals surface area contributed by atoms with Gasteiger partial charge in [-0.1, -0.05) is 38.1 Å². The van der Waals surface area contributed by atoms with E-state index in [1.165, 1.54) is 11.6 Å². The van der Waals surface area contributed by atoms with Crippen LogP contribution in [0.25, 0.3) is 0 Å². The first-order valence-corrected chi connectivity index (χ1v) is 5.48. The van der Waals surface area contributed by atoms with Crippen LogP contribution in [0, 0.1) is 12.7 Å². The lowest BCUT2D eigenvalue weighted by Gasteiger charge is -2.15. The maximum absolute atomic E-state index is 13.3. The highest BCUT2D eigenvalue weighted by molar-refractivity contribution is 5.31. The molecule has 0 aromatic heterocycles. The summed E-state index contributed by atoms with van der Waals surface area (Å²) < 4.78 is 13.3. The Labute approximate surface area is 91.8 Å². The molecule has 1 aromatic carbocycles. The number of hydrogen-bond acceptors (Lipinski definition) is 0. The molecule has 0 heterocycles. The highest BCUT2D eigenvalue weighted by atomic mass is 19.1. The number of rotatable bonds is 4. The fraction of sp³-hybridized carbons (Fsp3) is 0.429. The monoisotopic (exact) mass is 206 g/mol. The molecule has 0 nitrogen and oxygen atoms in total. The van der Waals surface area contributed by atoms with Crippen LogP contribution in [0.15, 0.2) is 30.4 Å². The normalized spacial score (nSPS) is 12.5. The van der Waals surface area contributed by atoms with E-state index in [1.54, 1.807) is 6.07 Å². The Morgan fingerprint density at radius 1 is 1.47 bits per heavy atom. The molecule has 0 spiro atoms. The van der Waals surface area contributed by atoms with Crippen LogP contribution in [0.3, 0.4) is 0 Å². The molecule has 1 heteroatoms. The van der Waals surface area contributed by atoms with Crippen molar-refractivity contribution in [1.29, 1.82) is 0 Å². The van der Waals surface area contributed by atoms with Crippen LogP contribution in [0.2, 0.25) is 0 Å². The summed E-state index contributed by atoms with van der Waals surface area (Å²) in [5, 5.41) is 0. The Hall–Kier alpha value is -1.11.